The molecule has 1 aromatic heterocycles. The second kappa shape index (κ2) is 18.4. The maximum Gasteiger partial charge on any atom is 0.0713 e. The van der Waals surface area contributed by atoms with Gasteiger partial charge in [-0.3, -0.25) is 0 Å². The number of nitrogens with zero attached hydrogens (tertiary/aromatic N) is 2. The van der Waals surface area contributed by atoms with Crippen LogP contribution in [0.4, 0.5) is 17.1 Å². The van der Waals surface area contributed by atoms with Gasteiger partial charge in [0.05, 0.1) is 22.1 Å². The minimum Gasteiger partial charge on any atom is -0.310 e. The zero-order valence-corrected chi connectivity index (χ0v) is 41.3. The number of hydrogen-bond acceptors (Lipinski definition) is 1. The van der Waals surface area contributed by atoms with Crippen LogP contribution in [0.15, 0.2) is 303 Å². The molecule has 12 aromatic carbocycles. The zero-order chi connectivity index (χ0) is 49.7. The van der Waals surface area contributed by atoms with E-state index in [0.29, 0.717) is 0 Å². The van der Waals surface area contributed by atoms with Crippen LogP contribution in [-0.4, -0.2) is 4.57 Å². The Balaban J connectivity index is 1.01. The van der Waals surface area contributed by atoms with Gasteiger partial charge in [-0.2, -0.15) is 0 Å². The zero-order valence-electron chi connectivity index (χ0n) is 41.3. The molecule has 352 valence electrons. The highest BCUT2D eigenvalue weighted by atomic mass is 15.1. The summed E-state index contributed by atoms with van der Waals surface area (Å²) in [5.41, 5.74) is 23.1. The van der Waals surface area contributed by atoms with E-state index < -0.39 is 5.41 Å². The molecular formula is C73H50N2. The van der Waals surface area contributed by atoms with Gasteiger partial charge in [0.2, 0.25) is 0 Å². The van der Waals surface area contributed by atoms with E-state index in [-0.39, 0.29) is 0 Å². The molecule has 2 heteroatoms. The van der Waals surface area contributed by atoms with Crippen molar-refractivity contribution in [1.29, 1.82) is 0 Å². The predicted octanol–water partition coefficient (Wildman–Crippen LogP) is 19.3. The molecule has 0 fully saturated rings. The fraction of sp³-hybridized carbons (Fsp3) is 0.0137. The molecule has 13 aromatic rings. The number of hydrogen-bond donors (Lipinski definition) is 0. The van der Waals surface area contributed by atoms with Gasteiger partial charge in [-0.1, -0.05) is 249 Å². The van der Waals surface area contributed by atoms with E-state index in [2.05, 4.69) is 313 Å². The molecule has 75 heavy (non-hydrogen) atoms. The lowest BCUT2D eigenvalue weighted by molar-refractivity contribution is 0.768. The van der Waals surface area contributed by atoms with Crippen LogP contribution in [0.25, 0.3) is 83.1 Å². The summed E-state index contributed by atoms with van der Waals surface area (Å²) in [5.74, 6) is 0. The molecule has 0 bridgehead atoms. The average molecular weight is 955 g/mol. The third kappa shape index (κ3) is 7.25. The number of aromatic nitrogens is 1. The Morgan fingerprint density at radius 1 is 0.280 bits per heavy atom. The van der Waals surface area contributed by atoms with E-state index in [1.165, 1.54) is 77.4 Å². The van der Waals surface area contributed by atoms with Crippen molar-refractivity contribution in [2.75, 3.05) is 4.90 Å². The maximum atomic E-state index is 2.50. The third-order valence-corrected chi connectivity index (χ3v) is 15.5. The molecule has 0 saturated heterocycles. The Bertz CT molecular complexity index is 4160. The fourth-order valence-corrected chi connectivity index (χ4v) is 12.3. The first-order valence-electron chi connectivity index (χ1n) is 25.9. The smallest absolute Gasteiger partial charge is 0.0713 e. The van der Waals surface area contributed by atoms with E-state index in [4.69, 9.17) is 0 Å². The minimum absolute atomic E-state index is 0.514. The Kier molecular flexibility index (Phi) is 10.8. The quantitative estimate of drug-likeness (QED) is 0.133. The van der Waals surface area contributed by atoms with Crippen molar-refractivity contribution in [2.45, 2.75) is 5.41 Å². The molecule has 1 aliphatic carbocycles. The van der Waals surface area contributed by atoms with Crippen LogP contribution in [0.2, 0.25) is 0 Å². The summed E-state index contributed by atoms with van der Waals surface area (Å²) < 4.78 is 2.40. The molecule has 0 unspecified atom stereocenters. The summed E-state index contributed by atoms with van der Waals surface area (Å²) in [5, 5.41) is 2.49. The van der Waals surface area contributed by atoms with Gasteiger partial charge in [-0.05, 0) is 127 Å². The second-order valence-corrected chi connectivity index (χ2v) is 19.5. The lowest BCUT2D eigenvalue weighted by Crippen LogP contribution is -2.28. The molecule has 2 nitrogen and oxygen atoms in total. The van der Waals surface area contributed by atoms with E-state index in [1.54, 1.807) is 0 Å². The first-order valence-corrected chi connectivity index (χ1v) is 25.9. The molecule has 0 saturated carbocycles. The third-order valence-electron chi connectivity index (χ3n) is 15.5. The lowest BCUT2D eigenvalue weighted by Gasteiger charge is -2.34. The highest BCUT2D eigenvalue weighted by Gasteiger charge is 2.46. The lowest BCUT2D eigenvalue weighted by atomic mass is 9.68. The Hall–Kier alpha value is -9.76. The topological polar surface area (TPSA) is 8.17 Å². The van der Waals surface area contributed by atoms with Crippen LogP contribution >= 0.6 is 0 Å². The van der Waals surface area contributed by atoms with Crippen LogP contribution in [0, 0.1) is 0 Å². The van der Waals surface area contributed by atoms with Gasteiger partial charge in [-0.25, -0.2) is 0 Å². The van der Waals surface area contributed by atoms with Crippen LogP contribution in [-0.2, 0) is 5.41 Å². The molecule has 0 aliphatic heterocycles. The first kappa shape index (κ1) is 44.0. The van der Waals surface area contributed by atoms with Crippen LogP contribution < -0.4 is 4.90 Å². The molecule has 0 spiro atoms. The van der Waals surface area contributed by atoms with Gasteiger partial charge in [0, 0.05) is 33.4 Å². The second-order valence-electron chi connectivity index (χ2n) is 19.5. The van der Waals surface area contributed by atoms with E-state index in [0.717, 1.165) is 45.0 Å². The summed E-state index contributed by atoms with van der Waals surface area (Å²) in [6, 6.07) is 111. The maximum absolute atomic E-state index is 2.50. The van der Waals surface area contributed by atoms with Crippen molar-refractivity contribution in [3.8, 4) is 61.3 Å². The van der Waals surface area contributed by atoms with Crippen molar-refractivity contribution >= 4 is 38.9 Å². The molecule has 0 atom stereocenters. The van der Waals surface area contributed by atoms with Gasteiger partial charge >= 0.3 is 0 Å². The normalized spacial score (nSPS) is 12.4. The monoisotopic (exact) mass is 954 g/mol. The Morgan fingerprint density at radius 3 is 1.48 bits per heavy atom. The van der Waals surface area contributed by atoms with Crippen molar-refractivity contribution in [2.24, 2.45) is 0 Å². The van der Waals surface area contributed by atoms with Crippen molar-refractivity contribution in [3.63, 3.8) is 0 Å². The molecule has 1 aliphatic rings. The van der Waals surface area contributed by atoms with E-state index in [1.807, 2.05) is 0 Å². The number of rotatable bonds is 10. The van der Waals surface area contributed by atoms with Crippen molar-refractivity contribution in [3.05, 3.63) is 326 Å². The number of anilines is 3. The average Bonchev–Trinajstić information content (AvgIpc) is 3.99. The highest BCUT2D eigenvalue weighted by molar-refractivity contribution is 6.10. The van der Waals surface area contributed by atoms with Crippen LogP contribution in [0.1, 0.15) is 22.3 Å². The number of benzene rings is 12. The van der Waals surface area contributed by atoms with Crippen molar-refractivity contribution < 1.29 is 0 Å². The fourth-order valence-electron chi connectivity index (χ4n) is 12.3. The SMILES string of the molecule is c1ccc(-c2ccccc2-c2c(-c3ccccc3)cccc2N(c2ccc(-c3ccc4c5ccccc5n(-c5ccccc5)c4c3)cc2)c2ccc3c(c2)-c2ccccc2C3(c2ccccc2)c2ccccc2)cc1. The summed E-state index contributed by atoms with van der Waals surface area (Å²) >= 11 is 0. The van der Waals surface area contributed by atoms with Gasteiger partial charge in [-0.15, -0.1) is 0 Å². The van der Waals surface area contributed by atoms with Gasteiger partial charge in [0.1, 0.15) is 0 Å². The summed E-state index contributed by atoms with van der Waals surface area (Å²) in [4.78, 5) is 2.50. The van der Waals surface area contributed by atoms with Crippen molar-refractivity contribution in [1.82, 2.24) is 4.57 Å². The molecular weight excluding hydrogens is 905 g/mol. The molecule has 0 amide bonds. The number of para-hydroxylation sites is 2. The Labute approximate surface area is 438 Å². The molecule has 0 radical (unpaired) electrons. The molecule has 0 N–H and O–H groups in total. The molecule has 1 heterocycles. The van der Waals surface area contributed by atoms with E-state index in [9.17, 15) is 0 Å². The Morgan fingerprint density at radius 2 is 0.787 bits per heavy atom. The molecule has 14 rings (SSSR count). The van der Waals surface area contributed by atoms with Gasteiger partial charge in [0.15, 0.2) is 0 Å². The predicted molar refractivity (Wildman–Crippen MR) is 315 cm³/mol. The highest BCUT2D eigenvalue weighted by Crippen LogP contribution is 2.58. The van der Waals surface area contributed by atoms with Crippen LogP contribution in [0.5, 0.6) is 0 Å². The largest absolute Gasteiger partial charge is 0.310 e. The van der Waals surface area contributed by atoms with Gasteiger partial charge < -0.3 is 9.47 Å². The van der Waals surface area contributed by atoms with Crippen LogP contribution in [0.3, 0.4) is 0 Å². The minimum atomic E-state index is -0.514. The summed E-state index contributed by atoms with van der Waals surface area (Å²) in [6.45, 7) is 0. The summed E-state index contributed by atoms with van der Waals surface area (Å²) in [6.07, 6.45) is 0. The summed E-state index contributed by atoms with van der Waals surface area (Å²) in [7, 11) is 0. The number of fused-ring (bicyclic) bond motifs is 6. The van der Waals surface area contributed by atoms with E-state index >= 15 is 0 Å². The first-order chi connectivity index (χ1) is 37.2. The standard InChI is InChI=1S/C73H50N2/c1-6-23-52(24-7-1)60-33-16-17-36-65(60)72-61(53-25-8-2-9-26-53)37-22-40-70(72)74(58-44-41-51(42-45-58)54-43-47-64-63-35-19-21-39-69(63)75(71(64)49-54)57-31-14-5-15-32-57)59-46-48-68-66(50-59)62-34-18-20-38-67(62)73(68,55-27-10-3-11-28-55)56-29-12-4-13-30-56/h1-50H. The van der Waals surface area contributed by atoms with Gasteiger partial charge in [0.25, 0.3) is 0 Å².